The number of para-hydroxylation sites is 1. The number of hydrogen-bond acceptors (Lipinski definition) is 6. The van der Waals surface area contributed by atoms with Crippen LogP contribution in [0.2, 0.25) is 0 Å². The number of benzene rings is 2. The molecule has 2 aliphatic heterocycles. The van der Waals surface area contributed by atoms with Gasteiger partial charge in [0.2, 0.25) is 15.9 Å². The highest BCUT2D eigenvalue weighted by Crippen LogP contribution is 2.25. The average Bonchev–Trinajstić information content (AvgIpc) is 2.85. The summed E-state index contributed by atoms with van der Waals surface area (Å²) in [5.41, 5.74) is 1.14. The van der Waals surface area contributed by atoms with Crippen molar-refractivity contribution in [1.29, 1.82) is 0 Å². The number of hydrogen-bond donors (Lipinski definition) is 2. The van der Waals surface area contributed by atoms with E-state index in [-0.39, 0.29) is 29.9 Å². The van der Waals surface area contributed by atoms with Gasteiger partial charge in [0.25, 0.3) is 0 Å². The highest BCUT2D eigenvalue weighted by Gasteiger charge is 2.35. The number of aliphatic hydroxyl groups is 1. The van der Waals surface area contributed by atoms with E-state index in [1.165, 1.54) is 12.1 Å². The molecule has 0 saturated carbocycles. The van der Waals surface area contributed by atoms with Crippen LogP contribution in [0.1, 0.15) is 19.3 Å². The molecule has 2 aliphatic rings. The summed E-state index contributed by atoms with van der Waals surface area (Å²) in [5.74, 6) is -0.526. The number of nitrogens with zero attached hydrogens (tertiary/aromatic N) is 2. The van der Waals surface area contributed by atoms with E-state index < -0.39 is 28.0 Å². The second kappa shape index (κ2) is 10.8. The number of anilines is 1. The highest BCUT2D eigenvalue weighted by molar-refractivity contribution is 7.89. The van der Waals surface area contributed by atoms with Gasteiger partial charge in [-0.2, -0.15) is 0 Å². The minimum atomic E-state index is -3.89. The molecule has 3 atom stereocenters. The fourth-order valence-electron chi connectivity index (χ4n) is 4.47. The lowest BCUT2D eigenvalue weighted by Crippen LogP contribution is -2.52. The van der Waals surface area contributed by atoms with Crippen molar-refractivity contribution in [3.8, 4) is 0 Å². The molecule has 0 bridgehead atoms. The third kappa shape index (κ3) is 5.93. The van der Waals surface area contributed by atoms with E-state index in [9.17, 15) is 22.7 Å². The molecular weight excluding hydrogens is 461 g/mol. The highest BCUT2D eigenvalue weighted by atomic mass is 32.2. The first kappa shape index (κ1) is 24.6. The van der Waals surface area contributed by atoms with Gasteiger partial charge in [-0.25, -0.2) is 17.5 Å². The van der Waals surface area contributed by atoms with Gasteiger partial charge in [0.1, 0.15) is 5.82 Å². The quantitative estimate of drug-likeness (QED) is 0.612. The van der Waals surface area contributed by atoms with E-state index in [0.717, 1.165) is 30.9 Å². The van der Waals surface area contributed by atoms with Crippen LogP contribution < -0.4 is 9.62 Å². The third-order valence-corrected chi connectivity index (χ3v) is 7.89. The summed E-state index contributed by atoms with van der Waals surface area (Å²) in [5, 5.41) is 9.79. The third-order valence-electron chi connectivity index (χ3n) is 6.38. The van der Waals surface area contributed by atoms with E-state index in [1.807, 2.05) is 23.1 Å². The van der Waals surface area contributed by atoms with E-state index in [1.54, 1.807) is 0 Å². The molecule has 2 saturated heterocycles. The smallest absolute Gasteiger partial charge is 0.240 e. The summed E-state index contributed by atoms with van der Waals surface area (Å²) < 4.78 is 46.9. The predicted octanol–water partition coefficient (Wildman–Crippen LogP) is 1.75. The number of aliphatic hydroxyl groups excluding tert-OH is 1. The van der Waals surface area contributed by atoms with Crippen LogP contribution in [0.15, 0.2) is 59.5 Å². The number of halogens is 1. The Kier molecular flexibility index (Phi) is 7.82. The molecule has 4 rings (SSSR count). The van der Waals surface area contributed by atoms with E-state index >= 15 is 0 Å². The van der Waals surface area contributed by atoms with Crippen LogP contribution in [-0.2, 0) is 19.6 Å². The van der Waals surface area contributed by atoms with Crippen molar-refractivity contribution in [2.45, 2.75) is 42.4 Å². The Labute approximate surface area is 199 Å². The maximum absolute atomic E-state index is 13.1. The molecule has 0 unspecified atom stereocenters. The number of amides is 1. The Balaban J connectivity index is 1.28. The van der Waals surface area contributed by atoms with Crippen LogP contribution in [-0.4, -0.2) is 75.4 Å². The molecule has 0 aliphatic carbocycles. The van der Waals surface area contributed by atoms with Gasteiger partial charge in [-0.05, 0) is 49.2 Å². The minimum absolute atomic E-state index is 0.000237. The lowest BCUT2D eigenvalue weighted by molar-refractivity contribution is -0.140. The van der Waals surface area contributed by atoms with Gasteiger partial charge in [-0.1, -0.05) is 18.2 Å². The van der Waals surface area contributed by atoms with E-state index in [2.05, 4.69) is 21.8 Å². The van der Waals surface area contributed by atoms with Gasteiger partial charge in [-0.3, -0.25) is 4.79 Å². The summed E-state index contributed by atoms with van der Waals surface area (Å²) in [6.07, 6.45) is -0.0481. The van der Waals surface area contributed by atoms with Crippen molar-refractivity contribution in [3.05, 3.63) is 60.4 Å². The van der Waals surface area contributed by atoms with Crippen molar-refractivity contribution in [2.75, 3.05) is 37.7 Å². The fourth-order valence-corrected chi connectivity index (χ4v) is 5.77. The zero-order chi connectivity index (χ0) is 24.1. The Morgan fingerprint density at radius 1 is 1.03 bits per heavy atom. The molecule has 1 amide bonds. The Bertz CT molecular complexity index is 1060. The number of rotatable bonds is 7. The molecule has 8 nitrogen and oxygen atoms in total. The Hall–Kier alpha value is -2.53. The predicted molar refractivity (Wildman–Crippen MR) is 125 cm³/mol. The van der Waals surface area contributed by atoms with Crippen molar-refractivity contribution in [1.82, 2.24) is 9.62 Å². The van der Waals surface area contributed by atoms with Gasteiger partial charge < -0.3 is 19.6 Å². The Morgan fingerprint density at radius 2 is 1.71 bits per heavy atom. The first-order chi connectivity index (χ1) is 16.4. The number of carbonyl (C=O) groups is 1. The molecular formula is C24H30FN3O5S. The van der Waals surface area contributed by atoms with Crippen LogP contribution in [0.3, 0.4) is 0 Å². The maximum atomic E-state index is 13.1. The second-order valence-corrected chi connectivity index (χ2v) is 10.4. The molecule has 10 heteroatoms. The molecule has 2 aromatic carbocycles. The summed E-state index contributed by atoms with van der Waals surface area (Å²) in [6, 6.07) is 14.0. The van der Waals surface area contributed by atoms with Gasteiger partial charge in [0.05, 0.1) is 36.2 Å². The van der Waals surface area contributed by atoms with Gasteiger partial charge in [-0.15, -0.1) is 0 Å². The number of carbonyl (C=O) groups excluding carboxylic acids is 1. The molecule has 2 N–H and O–H groups in total. The van der Waals surface area contributed by atoms with Crippen LogP contribution in [0.4, 0.5) is 10.1 Å². The molecule has 0 spiro atoms. The molecule has 0 aromatic heterocycles. The van der Waals surface area contributed by atoms with Crippen LogP contribution in [0, 0.1) is 5.82 Å². The van der Waals surface area contributed by atoms with Crippen molar-refractivity contribution < 1.29 is 27.4 Å². The molecule has 0 radical (unpaired) electrons. The van der Waals surface area contributed by atoms with Gasteiger partial charge >= 0.3 is 0 Å². The normalized spacial score (nSPS) is 23.6. The van der Waals surface area contributed by atoms with Crippen molar-refractivity contribution >= 4 is 21.6 Å². The number of sulfonamides is 1. The number of piperazine rings is 1. The zero-order valence-corrected chi connectivity index (χ0v) is 19.7. The summed E-state index contributed by atoms with van der Waals surface area (Å²) >= 11 is 0. The second-order valence-electron chi connectivity index (χ2n) is 8.65. The largest absolute Gasteiger partial charge is 0.394 e. The SMILES string of the molecule is O=C(C[C@H]1CC[C@H](NS(=O)(=O)c2ccc(F)cc2)[C@@H](CO)O1)N1CCN(c2ccccc2)CC1. The molecule has 184 valence electrons. The first-order valence-corrected chi connectivity index (χ1v) is 13.0. The average molecular weight is 492 g/mol. The zero-order valence-electron chi connectivity index (χ0n) is 18.8. The molecule has 2 aromatic rings. The summed E-state index contributed by atoms with van der Waals surface area (Å²) in [7, 11) is -3.89. The van der Waals surface area contributed by atoms with Crippen LogP contribution >= 0.6 is 0 Å². The minimum Gasteiger partial charge on any atom is -0.394 e. The number of nitrogens with one attached hydrogen (secondary N) is 1. The lowest BCUT2D eigenvalue weighted by atomic mass is 9.97. The molecule has 34 heavy (non-hydrogen) atoms. The number of ether oxygens (including phenoxy) is 1. The van der Waals surface area contributed by atoms with Crippen molar-refractivity contribution in [3.63, 3.8) is 0 Å². The van der Waals surface area contributed by atoms with Gasteiger partial charge in [0.15, 0.2) is 0 Å². The monoisotopic (exact) mass is 491 g/mol. The summed E-state index contributed by atoms with van der Waals surface area (Å²) in [6.45, 7) is 2.40. The maximum Gasteiger partial charge on any atom is 0.240 e. The van der Waals surface area contributed by atoms with Gasteiger partial charge in [0, 0.05) is 31.9 Å². The first-order valence-electron chi connectivity index (χ1n) is 11.5. The fraction of sp³-hybridized carbons (Fsp3) is 0.458. The van der Waals surface area contributed by atoms with Crippen LogP contribution in [0.25, 0.3) is 0 Å². The summed E-state index contributed by atoms with van der Waals surface area (Å²) in [4.78, 5) is 16.9. The topological polar surface area (TPSA) is 99.2 Å². The van der Waals surface area contributed by atoms with Crippen LogP contribution in [0.5, 0.6) is 0 Å². The Morgan fingerprint density at radius 3 is 2.35 bits per heavy atom. The standard InChI is InChI=1S/C24H30FN3O5S/c25-18-6-9-21(10-7-18)34(31,32)26-22-11-8-20(33-23(22)17-29)16-24(30)28-14-12-27(13-15-28)19-4-2-1-3-5-19/h1-7,9-10,20,22-23,26,29H,8,11-17H2/t20-,22+,23-/m1/s1. The molecule has 2 heterocycles. The molecule has 2 fully saturated rings. The van der Waals surface area contributed by atoms with Crippen molar-refractivity contribution in [2.24, 2.45) is 0 Å². The lowest BCUT2D eigenvalue weighted by Gasteiger charge is -2.38. The van der Waals surface area contributed by atoms with E-state index in [0.29, 0.717) is 25.9 Å². The van der Waals surface area contributed by atoms with E-state index in [4.69, 9.17) is 4.74 Å².